The lowest BCUT2D eigenvalue weighted by Crippen LogP contribution is -2.39. The first-order valence-electron chi connectivity index (χ1n) is 9.14. The SMILES string of the molecule is CCC(=O)N(c1ccco1)c1sc2c(c1C#N)CCN(C(=O)OC(C)(C)C)C2. The van der Waals surface area contributed by atoms with Gasteiger partial charge in [0.05, 0.1) is 18.4 Å². The molecule has 0 aromatic carbocycles. The highest BCUT2D eigenvalue weighted by Crippen LogP contribution is 2.42. The molecule has 0 spiro atoms. The van der Waals surface area contributed by atoms with Crippen molar-refractivity contribution in [3.05, 3.63) is 34.4 Å². The minimum atomic E-state index is -0.570. The van der Waals surface area contributed by atoms with E-state index in [1.165, 1.54) is 22.5 Å². The average molecular weight is 401 g/mol. The summed E-state index contributed by atoms with van der Waals surface area (Å²) < 4.78 is 10.9. The Balaban J connectivity index is 1.96. The number of hydrogen-bond donors (Lipinski definition) is 0. The van der Waals surface area contributed by atoms with E-state index < -0.39 is 5.60 Å². The molecule has 2 amide bonds. The molecule has 28 heavy (non-hydrogen) atoms. The van der Waals surface area contributed by atoms with Gasteiger partial charge in [-0.3, -0.25) is 4.79 Å². The number of nitrogens with zero attached hydrogens (tertiary/aromatic N) is 3. The number of hydrogen-bond acceptors (Lipinski definition) is 6. The van der Waals surface area contributed by atoms with E-state index in [0.29, 0.717) is 36.0 Å². The minimum absolute atomic E-state index is 0.158. The van der Waals surface area contributed by atoms with E-state index in [0.717, 1.165) is 10.4 Å². The summed E-state index contributed by atoms with van der Waals surface area (Å²) in [6.45, 7) is 8.08. The van der Waals surface area contributed by atoms with Gasteiger partial charge in [0.15, 0.2) is 0 Å². The quantitative estimate of drug-likeness (QED) is 0.751. The van der Waals surface area contributed by atoms with Crippen LogP contribution < -0.4 is 4.90 Å². The molecule has 1 aliphatic heterocycles. The summed E-state index contributed by atoms with van der Waals surface area (Å²) in [6.07, 6.45) is 1.94. The van der Waals surface area contributed by atoms with Crippen molar-refractivity contribution in [1.29, 1.82) is 5.26 Å². The lowest BCUT2D eigenvalue weighted by Gasteiger charge is -2.29. The van der Waals surface area contributed by atoms with E-state index in [1.807, 2.05) is 20.8 Å². The standard InChI is InChI=1S/C20H23N3O4S/c1-5-16(24)23(17-7-6-10-26-17)18-14(11-21)13-8-9-22(12-15(13)28-18)19(25)27-20(2,3)4/h6-7,10H,5,8-9,12H2,1-4H3. The molecule has 0 N–H and O–H groups in total. The highest BCUT2D eigenvalue weighted by Gasteiger charge is 2.33. The van der Waals surface area contributed by atoms with Crippen molar-refractivity contribution in [3.8, 4) is 6.07 Å². The number of ether oxygens (including phenoxy) is 1. The molecule has 0 saturated heterocycles. The van der Waals surface area contributed by atoms with Crippen LogP contribution in [0.25, 0.3) is 0 Å². The Labute approximate surface area is 168 Å². The van der Waals surface area contributed by atoms with Gasteiger partial charge in [0.25, 0.3) is 0 Å². The van der Waals surface area contributed by atoms with Gasteiger partial charge < -0.3 is 14.1 Å². The van der Waals surface area contributed by atoms with Crippen molar-refractivity contribution in [1.82, 2.24) is 4.90 Å². The molecule has 3 heterocycles. The molecule has 148 valence electrons. The number of amides is 2. The summed E-state index contributed by atoms with van der Waals surface area (Å²) in [7, 11) is 0. The van der Waals surface area contributed by atoms with Crippen molar-refractivity contribution < 1.29 is 18.7 Å². The molecule has 7 nitrogen and oxygen atoms in total. The van der Waals surface area contributed by atoms with Gasteiger partial charge >= 0.3 is 6.09 Å². The maximum absolute atomic E-state index is 12.6. The van der Waals surface area contributed by atoms with E-state index in [1.54, 1.807) is 24.0 Å². The highest BCUT2D eigenvalue weighted by atomic mass is 32.1. The van der Waals surface area contributed by atoms with Crippen molar-refractivity contribution in [2.45, 2.75) is 52.7 Å². The third-order valence-corrected chi connectivity index (χ3v) is 5.49. The second kappa shape index (κ2) is 7.68. The summed E-state index contributed by atoms with van der Waals surface area (Å²) in [5.74, 6) is 0.222. The number of fused-ring (bicyclic) bond motifs is 1. The zero-order chi connectivity index (χ0) is 20.5. The first-order valence-corrected chi connectivity index (χ1v) is 9.95. The third-order valence-electron chi connectivity index (χ3n) is 4.28. The molecule has 0 saturated carbocycles. The predicted molar refractivity (Wildman–Crippen MR) is 106 cm³/mol. The van der Waals surface area contributed by atoms with Crippen LogP contribution >= 0.6 is 11.3 Å². The lowest BCUT2D eigenvalue weighted by atomic mass is 10.0. The maximum Gasteiger partial charge on any atom is 0.410 e. The predicted octanol–water partition coefficient (Wildman–Crippen LogP) is 4.58. The normalized spacial score (nSPS) is 13.6. The van der Waals surface area contributed by atoms with E-state index in [2.05, 4.69) is 6.07 Å². The van der Waals surface area contributed by atoms with Crippen molar-refractivity contribution in [2.75, 3.05) is 11.4 Å². The Morgan fingerprint density at radius 1 is 1.43 bits per heavy atom. The van der Waals surface area contributed by atoms with Gasteiger partial charge in [-0.1, -0.05) is 6.92 Å². The van der Waals surface area contributed by atoms with Gasteiger partial charge in [-0.15, -0.1) is 11.3 Å². The molecular weight excluding hydrogens is 378 g/mol. The first-order chi connectivity index (χ1) is 13.2. The van der Waals surface area contributed by atoms with Crippen molar-refractivity contribution in [3.63, 3.8) is 0 Å². The van der Waals surface area contributed by atoms with E-state index in [9.17, 15) is 14.9 Å². The summed E-state index contributed by atoms with van der Waals surface area (Å²) in [5.41, 5.74) is 0.796. The number of thiophene rings is 1. The van der Waals surface area contributed by atoms with Gasteiger partial charge in [0, 0.05) is 23.9 Å². The fraction of sp³-hybridized carbons (Fsp3) is 0.450. The van der Waals surface area contributed by atoms with Crippen LogP contribution in [0.1, 0.15) is 50.1 Å². The topological polar surface area (TPSA) is 86.8 Å². The first kappa shape index (κ1) is 20.0. The number of carbonyl (C=O) groups is 2. The van der Waals surface area contributed by atoms with Gasteiger partial charge in [-0.05, 0) is 38.8 Å². The molecule has 0 unspecified atom stereocenters. The van der Waals surface area contributed by atoms with Gasteiger partial charge in [-0.25, -0.2) is 9.69 Å². The molecule has 2 aromatic rings. The molecule has 0 atom stereocenters. The third kappa shape index (κ3) is 3.90. The fourth-order valence-electron chi connectivity index (χ4n) is 3.04. The molecule has 2 aromatic heterocycles. The van der Waals surface area contributed by atoms with Gasteiger partial charge in [-0.2, -0.15) is 5.26 Å². The average Bonchev–Trinajstić information content (AvgIpc) is 3.27. The van der Waals surface area contributed by atoms with Crippen LogP contribution in [-0.4, -0.2) is 29.0 Å². The van der Waals surface area contributed by atoms with E-state index in [4.69, 9.17) is 9.15 Å². The number of carbonyl (C=O) groups excluding carboxylic acids is 2. The summed E-state index contributed by atoms with van der Waals surface area (Å²) >= 11 is 1.35. The zero-order valence-electron chi connectivity index (χ0n) is 16.4. The van der Waals surface area contributed by atoms with Gasteiger partial charge in [0.1, 0.15) is 16.7 Å². The highest BCUT2D eigenvalue weighted by molar-refractivity contribution is 7.16. The van der Waals surface area contributed by atoms with Gasteiger partial charge in [0.2, 0.25) is 11.8 Å². The summed E-state index contributed by atoms with van der Waals surface area (Å²) in [4.78, 5) is 29.0. The Hall–Kier alpha value is -2.79. The van der Waals surface area contributed by atoms with Crippen molar-refractivity contribution in [2.24, 2.45) is 0 Å². The molecule has 1 aliphatic rings. The Morgan fingerprint density at radius 2 is 2.18 bits per heavy atom. The monoisotopic (exact) mass is 401 g/mol. The molecule has 0 bridgehead atoms. The maximum atomic E-state index is 12.6. The molecule has 8 heteroatoms. The molecule has 0 radical (unpaired) electrons. The Kier molecular flexibility index (Phi) is 5.47. The second-order valence-electron chi connectivity index (χ2n) is 7.48. The number of nitriles is 1. The summed E-state index contributed by atoms with van der Waals surface area (Å²) in [5, 5.41) is 10.3. The number of furan rings is 1. The van der Waals surface area contributed by atoms with Crippen LogP contribution in [0.3, 0.4) is 0 Å². The molecular formula is C20H23N3O4S. The minimum Gasteiger partial charge on any atom is -0.448 e. The summed E-state index contributed by atoms with van der Waals surface area (Å²) in [6, 6.07) is 5.65. The fourth-order valence-corrected chi connectivity index (χ4v) is 4.37. The van der Waals surface area contributed by atoms with Crippen LogP contribution in [0.5, 0.6) is 0 Å². The van der Waals surface area contributed by atoms with Crippen LogP contribution in [0.4, 0.5) is 15.7 Å². The lowest BCUT2D eigenvalue weighted by molar-refractivity contribution is -0.117. The second-order valence-corrected chi connectivity index (χ2v) is 8.57. The number of anilines is 2. The number of rotatable bonds is 3. The Bertz CT molecular complexity index is 919. The molecule has 0 fully saturated rings. The molecule has 3 rings (SSSR count). The zero-order valence-corrected chi connectivity index (χ0v) is 17.3. The van der Waals surface area contributed by atoms with Crippen LogP contribution in [0, 0.1) is 11.3 Å². The van der Waals surface area contributed by atoms with Crippen LogP contribution in [0.15, 0.2) is 22.8 Å². The van der Waals surface area contributed by atoms with E-state index >= 15 is 0 Å². The van der Waals surface area contributed by atoms with Crippen molar-refractivity contribution >= 4 is 34.2 Å². The largest absolute Gasteiger partial charge is 0.448 e. The van der Waals surface area contributed by atoms with Crippen LogP contribution in [0.2, 0.25) is 0 Å². The van der Waals surface area contributed by atoms with Crippen LogP contribution in [-0.2, 0) is 22.5 Å². The Morgan fingerprint density at radius 3 is 2.75 bits per heavy atom. The smallest absolute Gasteiger partial charge is 0.410 e. The molecule has 0 aliphatic carbocycles. The van der Waals surface area contributed by atoms with E-state index in [-0.39, 0.29) is 18.4 Å².